The second-order valence-electron chi connectivity index (χ2n) is 6.20. The zero-order valence-electron chi connectivity index (χ0n) is 15.6. The zero-order chi connectivity index (χ0) is 19.4. The van der Waals surface area contributed by atoms with Crippen molar-refractivity contribution >= 4 is 23.5 Å². The lowest BCUT2D eigenvalue weighted by Crippen LogP contribution is -2.24. The number of hydrogen-bond donors (Lipinski definition) is 2. The molecule has 3 aromatic rings. The van der Waals surface area contributed by atoms with Crippen LogP contribution in [0.2, 0.25) is 0 Å². The van der Waals surface area contributed by atoms with Crippen LogP contribution in [-0.4, -0.2) is 43.2 Å². The Kier molecular flexibility index (Phi) is 5.80. The van der Waals surface area contributed by atoms with Gasteiger partial charge in [0.25, 0.3) is 0 Å². The second kappa shape index (κ2) is 8.26. The van der Waals surface area contributed by atoms with Crippen LogP contribution in [0.4, 0.5) is 5.82 Å². The highest BCUT2D eigenvalue weighted by Crippen LogP contribution is 2.25. The third kappa shape index (κ3) is 4.48. The number of carbonyl (C=O) groups excluding carboxylic acids is 1. The van der Waals surface area contributed by atoms with Crippen LogP contribution in [0.15, 0.2) is 41.7 Å². The van der Waals surface area contributed by atoms with Crippen LogP contribution < -0.4 is 10.1 Å². The first-order valence-electron chi connectivity index (χ1n) is 8.55. The molecule has 1 aromatic carbocycles. The molecule has 2 N–H and O–H groups in total. The predicted octanol–water partition coefficient (Wildman–Crippen LogP) is 3.38. The van der Waals surface area contributed by atoms with Gasteiger partial charge in [-0.1, -0.05) is 11.8 Å². The standard InChI is InChI=1S/C18H22N6O2S/c1-11(2)24-15(9-10-19-24)20-17(25)12(3)27-18-21-16(22-23-18)13-5-7-14(26-4)8-6-13/h5-12H,1-4H3,(H,20,25)(H,21,22,23). The molecule has 2 aromatic heterocycles. The van der Waals surface area contributed by atoms with Gasteiger partial charge < -0.3 is 10.1 Å². The summed E-state index contributed by atoms with van der Waals surface area (Å²) in [7, 11) is 1.62. The van der Waals surface area contributed by atoms with Gasteiger partial charge in [-0.25, -0.2) is 9.67 Å². The smallest absolute Gasteiger partial charge is 0.238 e. The molecule has 1 amide bonds. The summed E-state index contributed by atoms with van der Waals surface area (Å²) in [6, 6.07) is 9.47. The molecule has 0 fully saturated rings. The lowest BCUT2D eigenvalue weighted by atomic mass is 10.2. The summed E-state index contributed by atoms with van der Waals surface area (Å²) in [5.41, 5.74) is 0.896. The minimum Gasteiger partial charge on any atom is -0.497 e. The SMILES string of the molecule is COc1ccc(-c2nc(SC(C)C(=O)Nc3ccnn3C(C)C)n[nH]2)cc1. The lowest BCUT2D eigenvalue weighted by molar-refractivity contribution is -0.115. The van der Waals surface area contributed by atoms with E-state index in [1.807, 2.05) is 45.0 Å². The van der Waals surface area contributed by atoms with E-state index in [9.17, 15) is 4.79 Å². The third-order valence-electron chi connectivity index (χ3n) is 3.89. The number of anilines is 1. The van der Waals surface area contributed by atoms with E-state index in [0.717, 1.165) is 11.3 Å². The highest BCUT2D eigenvalue weighted by Gasteiger charge is 2.19. The molecule has 0 aliphatic carbocycles. The summed E-state index contributed by atoms with van der Waals surface area (Å²) < 4.78 is 6.92. The van der Waals surface area contributed by atoms with Gasteiger partial charge in [0.05, 0.1) is 18.6 Å². The Morgan fingerprint density at radius 1 is 1.22 bits per heavy atom. The maximum Gasteiger partial charge on any atom is 0.238 e. The van der Waals surface area contributed by atoms with Crippen molar-refractivity contribution in [1.29, 1.82) is 0 Å². The summed E-state index contributed by atoms with van der Waals surface area (Å²) in [6.45, 7) is 5.84. The number of carbonyl (C=O) groups is 1. The minimum absolute atomic E-state index is 0.127. The molecule has 3 rings (SSSR count). The first-order valence-corrected chi connectivity index (χ1v) is 9.43. The molecule has 0 radical (unpaired) electrons. The molecule has 0 bridgehead atoms. The van der Waals surface area contributed by atoms with Crippen LogP contribution in [0.3, 0.4) is 0 Å². The molecule has 27 heavy (non-hydrogen) atoms. The molecule has 0 aliphatic rings. The molecule has 1 unspecified atom stereocenters. The Balaban J connectivity index is 1.63. The van der Waals surface area contributed by atoms with Gasteiger partial charge in [-0.15, -0.1) is 5.10 Å². The summed E-state index contributed by atoms with van der Waals surface area (Å²) in [5, 5.41) is 14.4. The van der Waals surface area contributed by atoms with Crippen molar-refractivity contribution in [2.45, 2.75) is 37.2 Å². The van der Waals surface area contributed by atoms with Gasteiger partial charge in [-0.05, 0) is 45.0 Å². The normalized spacial score (nSPS) is 12.2. The van der Waals surface area contributed by atoms with E-state index in [0.29, 0.717) is 16.8 Å². The van der Waals surface area contributed by atoms with Crippen molar-refractivity contribution < 1.29 is 9.53 Å². The average Bonchev–Trinajstić information content (AvgIpc) is 3.31. The molecule has 8 nitrogen and oxygen atoms in total. The number of benzene rings is 1. The summed E-state index contributed by atoms with van der Waals surface area (Å²) in [6.07, 6.45) is 1.67. The first kappa shape index (κ1) is 19.0. The van der Waals surface area contributed by atoms with E-state index >= 15 is 0 Å². The molecule has 0 saturated heterocycles. The van der Waals surface area contributed by atoms with Gasteiger partial charge >= 0.3 is 0 Å². The van der Waals surface area contributed by atoms with E-state index in [-0.39, 0.29) is 17.2 Å². The number of amides is 1. The van der Waals surface area contributed by atoms with Crippen molar-refractivity contribution in [1.82, 2.24) is 25.0 Å². The number of hydrogen-bond acceptors (Lipinski definition) is 6. The number of nitrogens with zero attached hydrogens (tertiary/aromatic N) is 4. The van der Waals surface area contributed by atoms with Gasteiger partial charge in [0.15, 0.2) is 5.82 Å². The van der Waals surface area contributed by atoms with Gasteiger partial charge in [0.1, 0.15) is 11.6 Å². The Labute approximate surface area is 161 Å². The number of ether oxygens (including phenoxy) is 1. The van der Waals surface area contributed by atoms with Gasteiger partial charge in [0.2, 0.25) is 11.1 Å². The number of aromatic nitrogens is 5. The Morgan fingerprint density at radius 2 is 1.96 bits per heavy atom. The van der Waals surface area contributed by atoms with Crippen LogP contribution in [0.1, 0.15) is 26.8 Å². The van der Waals surface area contributed by atoms with E-state index in [1.54, 1.807) is 24.1 Å². The van der Waals surface area contributed by atoms with Crippen LogP contribution in [0.25, 0.3) is 11.4 Å². The fourth-order valence-electron chi connectivity index (χ4n) is 2.44. The largest absolute Gasteiger partial charge is 0.497 e. The van der Waals surface area contributed by atoms with Crippen LogP contribution in [-0.2, 0) is 4.79 Å². The average molecular weight is 386 g/mol. The van der Waals surface area contributed by atoms with Crippen LogP contribution in [0.5, 0.6) is 5.75 Å². The Morgan fingerprint density at radius 3 is 2.63 bits per heavy atom. The van der Waals surface area contributed by atoms with Crippen molar-refractivity contribution in [3.8, 4) is 17.1 Å². The van der Waals surface area contributed by atoms with E-state index < -0.39 is 0 Å². The number of aromatic amines is 1. The van der Waals surface area contributed by atoms with E-state index in [2.05, 4.69) is 25.6 Å². The molecule has 0 aliphatic heterocycles. The molecular weight excluding hydrogens is 364 g/mol. The van der Waals surface area contributed by atoms with Crippen molar-refractivity contribution in [2.24, 2.45) is 0 Å². The number of H-pyrrole nitrogens is 1. The molecule has 2 heterocycles. The Bertz CT molecular complexity index is 903. The van der Waals surface area contributed by atoms with Crippen molar-refractivity contribution in [3.63, 3.8) is 0 Å². The molecule has 0 saturated carbocycles. The third-order valence-corrected chi connectivity index (χ3v) is 4.85. The molecule has 0 spiro atoms. The summed E-state index contributed by atoms with van der Waals surface area (Å²) in [4.78, 5) is 16.9. The number of methoxy groups -OCH3 is 1. The van der Waals surface area contributed by atoms with E-state index in [4.69, 9.17) is 4.74 Å². The summed E-state index contributed by atoms with van der Waals surface area (Å²) >= 11 is 1.29. The van der Waals surface area contributed by atoms with Gasteiger partial charge in [0, 0.05) is 17.7 Å². The minimum atomic E-state index is -0.361. The Hall–Kier alpha value is -2.81. The predicted molar refractivity (Wildman–Crippen MR) is 105 cm³/mol. The van der Waals surface area contributed by atoms with Crippen LogP contribution in [0, 0.1) is 0 Å². The van der Waals surface area contributed by atoms with Crippen molar-refractivity contribution in [3.05, 3.63) is 36.5 Å². The number of thioether (sulfide) groups is 1. The molecular formula is C18H22N6O2S. The lowest BCUT2D eigenvalue weighted by Gasteiger charge is -2.14. The quantitative estimate of drug-likeness (QED) is 0.604. The van der Waals surface area contributed by atoms with E-state index in [1.165, 1.54) is 11.8 Å². The fraction of sp³-hybridized carbons (Fsp3) is 0.333. The molecule has 142 valence electrons. The highest BCUT2D eigenvalue weighted by molar-refractivity contribution is 8.00. The van der Waals surface area contributed by atoms with Gasteiger partial charge in [-0.2, -0.15) is 5.10 Å². The van der Waals surface area contributed by atoms with Crippen LogP contribution >= 0.6 is 11.8 Å². The maximum atomic E-state index is 12.5. The molecule has 9 heteroatoms. The number of nitrogens with one attached hydrogen (secondary N) is 2. The maximum absolute atomic E-state index is 12.5. The highest BCUT2D eigenvalue weighted by atomic mass is 32.2. The fourth-order valence-corrected chi connectivity index (χ4v) is 3.17. The zero-order valence-corrected chi connectivity index (χ0v) is 16.4. The first-order chi connectivity index (χ1) is 13.0. The number of rotatable bonds is 7. The summed E-state index contributed by atoms with van der Waals surface area (Å²) in [5.74, 6) is 1.97. The molecule has 1 atom stereocenters. The topological polar surface area (TPSA) is 97.7 Å². The monoisotopic (exact) mass is 386 g/mol. The second-order valence-corrected chi connectivity index (χ2v) is 7.51. The van der Waals surface area contributed by atoms with Gasteiger partial charge in [-0.3, -0.25) is 9.89 Å². The van der Waals surface area contributed by atoms with Crippen molar-refractivity contribution in [2.75, 3.05) is 12.4 Å².